The van der Waals surface area contributed by atoms with E-state index in [1.54, 1.807) is 11.8 Å². The first kappa shape index (κ1) is 6.09. The van der Waals surface area contributed by atoms with E-state index >= 15 is 0 Å². The molecule has 1 aliphatic heterocycles. The molecule has 54 valence electrons. The largest absolute Gasteiger partial charge is 0.382 e. The Kier molecular flexibility index (Phi) is 1.17. The van der Waals surface area contributed by atoms with Gasteiger partial charge < -0.3 is 10.3 Å². The van der Waals surface area contributed by atoms with Crippen LogP contribution < -0.4 is 5.73 Å². The smallest absolute Gasteiger partial charge is 0.170 e. The molecule has 2 heterocycles. The van der Waals surface area contributed by atoms with E-state index in [0.717, 1.165) is 10.9 Å². The maximum atomic E-state index is 5.51. The van der Waals surface area contributed by atoms with Crippen molar-refractivity contribution in [3.63, 3.8) is 0 Å². The molecule has 0 aromatic carbocycles. The van der Waals surface area contributed by atoms with E-state index in [0.29, 0.717) is 11.9 Å². The van der Waals surface area contributed by atoms with E-state index in [9.17, 15) is 0 Å². The average molecular weight is 155 g/mol. The number of imidazole rings is 1. The number of hydrogen-bond acceptors (Lipinski definition) is 3. The molecule has 1 atom stereocenters. The summed E-state index contributed by atoms with van der Waals surface area (Å²) in [6.07, 6.45) is 1.90. The number of hydrogen-bond donors (Lipinski definition) is 1. The average Bonchev–Trinajstić information content (AvgIpc) is 2.35. The van der Waals surface area contributed by atoms with Gasteiger partial charge in [0.1, 0.15) is 5.82 Å². The fraction of sp³-hybridized carbons (Fsp3) is 0.500. The van der Waals surface area contributed by atoms with Crippen LogP contribution in [0, 0.1) is 0 Å². The third-order valence-corrected chi connectivity index (χ3v) is 2.85. The van der Waals surface area contributed by atoms with Gasteiger partial charge in [-0.2, -0.15) is 0 Å². The number of fused-ring (bicyclic) bond motifs is 1. The van der Waals surface area contributed by atoms with Crippen molar-refractivity contribution in [2.45, 2.75) is 18.1 Å². The maximum Gasteiger partial charge on any atom is 0.170 e. The lowest BCUT2D eigenvalue weighted by atomic mass is 10.4. The Hall–Kier alpha value is -0.640. The van der Waals surface area contributed by atoms with E-state index in [1.165, 1.54) is 0 Å². The lowest BCUT2D eigenvalue weighted by Crippen LogP contribution is -1.98. The molecule has 0 saturated carbocycles. The highest BCUT2D eigenvalue weighted by atomic mass is 32.2. The van der Waals surface area contributed by atoms with Gasteiger partial charge >= 0.3 is 0 Å². The second-order valence-corrected chi connectivity index (χ2v) is 3.50. The number of aromatic nitrogens is 2. The van der Waals surface area contributed by atoms with Crippen LogP contribution in [0.5, 0.6) is 0 Å². The van der Waals surface area contributed by atoms with Crippen molar-refractivity contribution in [1.29, 1.82) is 0 Å². The summed E-state index contributed by atoms with van der Waals surface area (Å²) in [6, 6.07) is 0.560. The van der Waals surface area contributed by atoms with Crippen LogP contribution >= 0.6 is 11.8 Å². The molecular weight excluding hydrogens is 146 g/mol. The maximum absolute atomic E-state index is 5.51. The summed E-state index contributed by atoms with van der Waals surface area (Å²) < 4.78 is 2.12. The molecule has 10 heavy (non-hydrogen) atoms. The Morgan fingerprint density at radius 2 is 2.70 bits per heavy atom. The molecule has 3 nitrogen and oxygen atoms in total. The van der Waals surface area contributed by atoms with E-state index in [2.05, 4.69) is 16.5 Å². The minimum absolute atomic E-state index is 0.560. The zero-order valence-electron chi connectivity index (χ0n) is 5.74. The minimum Gasteiger partial charge on any atom is -0.382 e. The lowest BCUT2D eigenvalue weighted by molar-refractivity contribution is 0.583. The zero-order valence-corrected chi connectivity index (χ0v) is 6.56. The molecule has 0 radical (unpaired) electrons. The van der Waals surface area contributed by atoms with Crippen LogP contribution in [0.25, 0.3) is 0 Å². The quantitative estimate of drug-likeness (QED) is 0.610. The fourth-order valence-corrected chi connectivity index (χ4v) is 2.20. The van der Waals surface area contributed by atoms with Crippen LogP contribution in [0.15, 0.2) is 11.4 Å². The summed E-state index contributed by atoms with van der Waals surface area (Å²) in [5, 5.41) is 1.06. The predicted octanol–water partition coefficient (Wildman–Crippen LogP) is 1.13. The van der Waals surface area contributed by atoms with Crippen molar-refractivity contribution < 1.29 is 0 Å². The molecule has 2 N–H and O–H groups in total. The first-order chi connectivity index (χ1) is 4.77. The Labute approximate surface area is 63.6 Å². The SMILES string of the molecule is CC1CSc2nc(N)cn21. The lowest BCUT2D eigenvalue weighted by Gasteiger charge is -2.01. The molecule has 2 rings (SSSR count). The second-order valence-electron chi connectivity index (χ2n) is 2.52. The van der Waals surface area contributed by atoms with Gasteiger partial charge in [-0.3, -0.25) is 0 Å². The van der Waals surface area contributed by atoms with Gasteiger partial charge in [0.25, 0.3) is 0 Å². The van der Waals surface area contributed by atoms with Gasteiger partial charge in [0.05, 0.1) is 0 Å². The van der Waals surface area contributed by atoms with Crippen LogP contribution in [0.3, 0.4) is 0 Å². The standard InChI is InChI=1S/C6H9N3S/c1-4-3-10-6-8-5(7)2-9(4)6/h2,4H,3,7H2,1H3. The highest BCUT2D eigenvalue weighted by Crippen LogP contribution is 2.32. The van der Waals surface area contributed by atoms with E-state index in [-0.39, 0.29) is 0 Å². The van der Waals surface area contributed by atoms with E-state index in [1.807, 2.05) is 6.20 Å². The molecular formula is C6H9N3S. The molecule has 1 aromatic rings. The summed E-state index contributed by atoms with van der Waals surface area (Å²) in [6.45, 7) is 2.17. The third-order valence-electron chi connectivity index (χ3n) is 1.65. The number of rotatable bonds is 0. The minimum atomic E-state index is 0.560. The molecule has 0 aliphatic carbocycles. The Morgan fingerprint density at radius 1 is 1.90 bits per heavy atom. The van der Waals surface area contributed by atoms with Gasteiger partial charge in [-0.25, -0.2) is 4.98 Å². The molecule has 1 unspecified atom stereocenters. The van der Waals surface area contributed by atoms with Crippen molar-refractivity contribution >= 4 is 17.6 Å². The zero-order chi connectivity index (χ0) is 7.14. The van der Waals surface area contributed by atoms with Gasteiger partial charge in [0.15, 0.2) is 5.16 Å². The Bertz CT molecular complexity index is 255. The number of anilines is 1. The van der Waals surface area contributed by atoms with Crippen molar-refractivity contribution in [1.82, 2.24) is 9.55 Å². The first-order valence-electron chi connectivity index (χ1n) is 3.24. The Morgan fingerprint density at radius 3 is 3.40 bits per heavy atom. The Balaban J connectivity index is 2.49. The van der Waals surface area contributed by atoms with Gasteiger partial charge in [-0.1, -0.05) is 11.8 Å². The highest BCUT2D eigenvalue weighted by Gasteiger charge is 2.19. The molecule has 1 aromatic heterocycles. The van der Waals surface area contributed by atoms with Crippen LogP contribution in [0.2, 0.25) is 0 Å². The summed E-state index contributed by atoms with van der Waals surface area (Å²) in [7, 11) is 0. The fourth-order valence-electron chi connectivity index (χ4n) is 1.09. The normalized spacial score (nSPS) is 23.1. The third kappa shape index (κ3) is 0.718. The van der Waals surface area contributed by atoms with Crippen LogP contribution in [-0.2, 0) is 0 Å². The second kappa shape index (κ2) is 1.92. The topological polar surface area (TPSA) is 43.8 Å². The van der Waals surface area contributed by atoms with Gasteiger partial charge in [0, 0.05) is 18.0 Å². The number of nitrogen functional groups attached to an aromatic ring is 1. The summed E-state index contributed by atoms with van der Waals surface area (Å²) in [5.74, 6) is 1.76. The highest BCUT2D eigenvalue weighted by molar-refractivity contribution is 7.99. The monoisotopic (exact) mass is 155 g/mol. The van der Waals surface area contributed by atoms with Crippen molar-refractivity contribution in [2.24, 2.45) is 0 Å². The van der Waals surface area contributed by atoms with Gasteiger partial charge in [-0.05, 0) is 6.92 Å². The summed E-state index contributed by atoms with van der Waals surface area (Å²) in [4.78, 5) is 4.15. The van der Waals surface area contributed by atoms with Crippen LogP contribution in [0.1, 0.15) is 13.0 Å². The molecule has 0 bridgehead atoms. The van der Waals surface area contributed by atoms with Gasteiger partial charge in [-0.15, -0.1) is 0 Å². The van der Waals surface area contributed by atoms with Crippen molar-refractivity contribution in [3.05, 3.63) is 6.20 Å². The number of nitrogens with zero attached hydrogens (tertiary/aromatic N) is 2. The molecule has 0 amide bonds. The first-order valence-corrected chi connectivity index (χ1v) is 4.23. The molecule has 0 fully saturated rings. The van der Waals surface area contributed by atoms with Crippen molar-refractivity contribution in [2.75, 3.05) is 11.5 Å². The van der Waals surface area contributed by atoms with E-state index < -0.39 is 0 Å². The molecule has 4 heteroatoms. The van der Waals surface area contributed by atoms with Crippen molar-refractivity contribution in [3.8, 4) is 0 Å². The van der Waals surface area contributed by atoms with Crippen LogP contribution in [-0.4, -0.2) is 15.3 Å². The van der Waals surface area contributed by atoms with Crippen LogP contribution in [0.4, 0.5) is 5.82 Å². The predicted molar refractivity (Wildman–Crippen MR) is 42.1 cm³/mol. The summed E-state index contributed by atoms with van der Waals surface area (Å²) in [5.41, 5.74) is 5.51. The molecule has 1 aliphatic rings. The number of thioether (sulfide) groups is 1. The summed E-state index contributed by atoms with van der Waals surface area (Å²) >= 11 is 1.77. The molecule has 0 saturated heterocycles. The molecule has 0 spiro atoms. The number of nitrogens with two attached hydrogens (primary N) is 1. The van der Waals surface area contributed by atoms with Gasteiger partial charge in [0.2, 0.25) is 0 Å². The van der Waals surface area contributed by atoms with E-state index in [4.69, 9.17) is 5.73 Å².